The largest absolute Gasteiger partial charge is 0.387 e. The van der Waals surface area contributed by atoms with Gasteiger partial charge in [0, 0.05) is 36.6 Å². The van der Waals surface area contributed by atoms with E-state index in [0.717, 1.165) is 24.3 Å². The monoisotopic (exact) mass is 364 g/mol. The van der Waals surface area contributed by atoms with Gasteiger partial charge in [-0.15, -0.1) is 0 Å². The summed E-state index contributed by atoms with van der Waals surface area (Å²) >= 11 is 0. The Morgan fingerprint density at radius 2 is 1.85 bits per heavy atom. The van der Waals surface area contributed by atoms with Crippen molar-refractivity contribution in [1.82, 2.24) is 5.32 Å². The molecular formula is C16H14F2N4O4. The third-order valence-corrected chi connectivity index (χ3v) is 3.34. The van der Waals surface area contributed by atoms with Gasteiger partial charge in [-0.05, 0) is 18.2 Å². The summed E-state index contributed by atoms with van der Waals surface area (Å²) in [6.07, 6.45) is 0. The molecule has 2 aromatic rings. The molecule has 3 N–H and O–H groups in total. The van der Waals surface area contributed by atoms with E-state index in [1.54, 1.807) is 0 Å². The molecule has 2 rings (SSSR count). The molecule has 0 aliphatic rings. The van der Waals surface area contributed by atoms with Gasteiger partial charge in [-0.3, -0.25) is 19.7 Å². The summed E-state index contributed by atoms with van der Waals surface area (Å²) in [5.74, 6) is -3.57. The molecule has 0 radical (unpaired) electrons. The molecule has 2 amide bonds. The van der Waals surface area contributed by atoms with Gasteiger partial charge in [0.2, 0.25) is 5.91 Å². The number of nitro benzene ring substituents is 1. The molecule has 0 spiro atoms. The lowest BCUT2D eigenvalue weighted by Crippen LogP contribution is -2.33. The van der Waals surface area contributed by atoms with Crippen molar-refractivity contribution in [2.45, 2.75) is 0 Å². The highest BCUT2D eigenvalue weighted by Gasteiger charge is 2.17. The molecule has 2 aromatic carbocycles. The minimum absolute atomic E-state index is 0.0117. The summed E-state index contributed by atoms with van der Waals surface area (Å²) in [6, 6.07) is 6.50. The maximum atomic E-state index is 13.1. The second-order valence-corrected chi connectivity index (χ2v) is 5.10. The topological polar surface area (TPSA) is 113 Å². The summed E-state index contributed by atoms with van der Waals surface area (Å²) in [5, 5.41) is 18.1. The zero-order chi connectivity index (χ0) is 19.3. The molecule has 0 atom stereocenters. The highest BCUT2D eigenvalue weighted by molar-refractivity contribution is 6.03. The van der Waals surface area contributed by atoms with E-state index >= 15 is 0 Å². The second-order valence-electron chi connectivity index (χ2n) is 5.10. The van der Waals surface area contributed by atoms with Gasteiger partial charge in [-0.1, -0.05) is 0 Å². The molecule has 10 heteroatoms. The Balaban J connectivity index is 2.03. The van der Waals surface area contributed by atoms with Gasteiger partial charge in [-0.2, -0.15) is 0 Å². The maximum absolute atomic E-state index is 13.1. The fourth-order valence-electron chi connectivity index (χ4n) is 2.09. The van der Waals surface area contributed by atoms with Gasteiger partial charge >= 0.3 is 0 Å². The first-order valence-electron chi connectivity index (χ1n) is 7.31. The molecule has 0 aliphatic heterocycles. The fourth-order valence-corrected chi connectivity index (χ4v) is 2.09. The highest BCUT2D eigenvalue weighted by Crippen LogP contribution is 2.21. The zero-order valence-electron chi connectivity index (χ0n) is 13.5. The Hall–Kier alpha value is -3.56. The number of hydrogen-bond donors (Lipinski definition) is 3. The Bertz CT molecular complexity index is 873. The minimum atomic E-state index is -1.12. The number of rotatable bonds is 6. The third kappa shape index (κ3) is 4.50. The van der Waals surface area contributed by atoms with E-state index < -0.39 is 34.9 Å². The molecule has 26 heavy (non-hydrogen) atoms. The van der Waals surface area contributed by atoms with E-state index in [1.165, 1.54) is 19.2 Å². The first-order valence-corrected chi connectivity index (χ1v) is 7.31. The predicted molar refractivity (Wildman–Crippen MR) is 90.0 cm³/mol. The summed E-state index contributed by atoms with van der Waals surface area (Å²) in [6.45, 7) is -0.469. The molecule has 0 unspecified atom stereocenters. The van der Waals surface area contributed by atoms with Gasteiger partial charge in [0.1, 0.15) is 0 Å². The summed E-state index contributed by atoms with van der Waals surface area (Å²) in [4.78, 5) is 34.2. The fraction of sp³-hybridized carbons (Fsp3) is 0.125. The Kier molecular flexibility index (Phi) is 5.78. The number of nitrogens with one attached hydrogen (secondary N) is 3. The number of amides is 2. The van der Waals surface area contributed by atoms with Crippen LogP contribution in [0, 0.1) is 21.7 Å². The lowest BCUT2D eigenvalue weighted by Gasteiger charge is -2.10. The van der Waals surface area contributed by atoms with E-state index in [4.69, 9.17) is 0 Å². The minimum Gasteiger partial charge on any atom is -0.387 e. The second kappa shape index (κ2) is 8.01. The van der Waals surface area contributed by atoms with Crippen LogP contribution in [0.25, 0.3) is 0 Å². The first kappa shape index (κ1) is 18.8. The van der Waals surface area contributed by atoms with E-state index in [-0.39, 0.29) is 16.9 Å². The van der Waals surface area contributed by atoms with Crippen LogP contribution in [-0.4, -0.2) is 30.3 Å². The molecule has 0 heterocycles. The van der Waals surface area contributed by atoms with E-state index in [0.29, 0.717) is 5.69 Å². The van der Waals surface area contributed by atoms with Gasteiger partial charge in [0.15, 0.2) is 11.6 Å². The third-order valence-electron chi connectivity index (χ3n) is 3.34. The molecule has 0 fully saturated rings. The standard InChI is InChI=1S/C16H14F2N4O4/c1-19-14-5-3-10(22(25)26)7-11(14)16(24)20-8-15(23)21-9-2-4-12(17)13(18)6-9/h2-7,19H,8H2,1H3,(H,20,24)(H,21,23). The summed E-state index contributed by atoms with van der Waals surface area (Å²) < 4.78 is 25.9. The van der Waals surface area contributed by atoms with Crippen molar-refractivity contribution in [2.24, 2.45) is 0 Å². The SMILES string of the molecule is CNc1ccc([N+](=O)[O-])cc1C(=O)NCC(=O)Nc1ccc(F)c(F)c1. The van der Waals surface area contributed by atoms with Gasteiger partial charge in [-0.25, -0.2) is 8.78 Å². The number of nitro groups is 1. The van der Waals surface area contributed by atoms with Crippen LogP contribution in [0.2, 0.25) is 0 Å². The highest BCUT2D eigenvalue weighted by atomic mass is 19.2. The predicted octanol–water partition coefficient (Wildman–Crippen LogP) is 2.28. The van der Waals surface area contributed by atoms with E-state index in [9.17, 15) is 28.5 Å². The van der Waals surface area contributed by atoms with Crippen LogP contribution >= 0.6 is 0 Å². The number of non-ortho nitro benzene ring substituents is 1. The maximum Gasteiger partial charge on any atom is 0.270 e. The number of halogens is 2. The van der Waals surface area contributed by atoms with Crippen molar-refractivity contribution < 1.29 is 23.3 Å². The van der Waals surface area contributed by atoms with Crippen LogP contribution in [0.5, 0.6) is 0 Å². The number of carbonyl (C=O) groups is 2. The molecule has 8 nitrogen and oxygen atoms in total. The van der Waals surface area contributed by atoms with Crippen LogP contribution < -0.4 is 16.0 Å². The van der Waals surface area contributed by atoms with E-state index in [1.807, 2.05) is 0 Å². The van der Waals surface area contributed by atoms with Crippen molar-refractivity contribution in [3.63, 3.8) is 0 Å². The molecule has 0 saturated carbocycles. The molecule has 0 aromatic heterocycles. The molecule has 0 saturated heterocycles. The van der Waals surface area contributed by atoms with Gasteiger partial charge in [0.05, 0.1) is 17.0 Å². The molecule has 0 bridgehead atoms. The van der Waals surface area contributed by atoms with Crippen LogP contribution in [0.15, 0.2) is 36.4 Å². The Morgan fingerprint density at radius 1 is 1.12 bits per heavy atom. The van der Waals surface area contributed by atoms with Crippen molar-refractivity contribution >= 4 is 28.9 Å². The zero-order valence-corrected chi connectivity index (χ0v) is 13.5. The Labute approximate surface area is 146 Å². The molecule has 0 aliphatic carbocycles. The normalized spacial score (nSPS) is 10.1. The number of carbonyl (C=O) groups excluding carboxylic acids is 2. The van der Waals surface area contributed by atoms with Crippen molar-refractivity contribution in [3.05, 3.63) is 63.7 Å². The lowest BCUT2D eigenvalue weighted by atomic mass is 10.1. The number of benzene rings is 2. The quantitative estimate of drug-likeness (QED) is 0.538. The molecular weight excluding hydrogens is 350 g/mol. The van der Waals surface area contributed by atoms with Gasteiger partial charge < -0.3 is 16.0 Å². The number of nitrogens with zero attached hydrogens (tertiary/aromatic N) is 1. The molecule has 136 valence electrons. The van der Waals surface area contributed by atoms with Crippen molar-refractivity contribution in [3.8, 4) is 0 Å². The van der Waals surface area contributed by atoms with Crippen LogP contribution in [0.3, 0.4) is 0 Å². The van der Waals surface area contributed by atoms with E-state index in [2.05, 4.69) is 16.0 Å². The van der Waals surface area contributed by atoms with Crippen molar-refractivity contribution in [1.29, 1.82) is 0 Å². The number of hydrogen-bond acceptors (Lipinski definition) is 5. The smallest absolute Gasteiger partial charge is 0.270 e. The average Bonchev–Trinajstić information content (AvgIpc) is 2.62. The van der Waals surface area contributed by atoms with Crippen molar-refractivity contribution in [2.75, 3.05) is 24.2 Å². The first-order chi connectivity index (χ1) is 12.3. The number of anilines is 2. The van der Waals surface area contributed by atoms with Crippen LogP contribution in [0.4, 0.5) is 25.8 Å². The Morgan fingerprint density at radius 3 is 2.46 bits per heavy atom. The van der Waals surface area contributed by atoms with Crippen LogP contribution in [-0.2, 0) is 4.79 Å². The average molecular weight is 364 g/mol. The van der Waals surface area contributed by atoms with Gasteiger partial charge in [0.25, 0.3) is 11.6 Å². The lowest BCUT2D eigenvalue weighted by molar-refractivity contribution is -0.384. The summed E-state index contributed by atoms with van der Waals surface area (Å²) in [5.41, 5.74) is 0.0752. The van der Waals surface area contributed by atoms with Crippen LogP contribution in [0.1, 0.15) is 10.4 Å². The summed E-state index contributed by atoms with van der Waals surface area (Å²) in [7, 11) is 1.54.